The van der Waals surface area contributed by atoms with Gasteiger partial charge in [-0.1, -0.05) is 11.8 Å². The first-order chi connectivity index (χ1) is 6.91. The van der Waals surface area contributed by atoms with Gasteiger partial charge in [-0.2, -0.15) is 0 Å². The van der Waals surface area contributed by atoms with Gasteiger partial charge in [-0.15, -0.1) is 9.24 Å². The summed E-state index contributed by atoms with van der Waals surface area (Å²) in [4.78, 5) is 0. The Bertz CT molecular complexity index is 417. The van der Waals surface area contributed by atoms with Gasteiger partial charge < -0.3 is 0 Å². The Morgan fingerprint density at radius 1 is 0.923 bits per heavy atom. The lowest BCUT2D eigenvalue weighted by Crippen LogP contribution is -1.57. The van der Waals surface area contributed by atoms with E-state index in [0.717, 1.165) is 0 Å². The van der Waals surface area contributed by atoms with E-state index in [4.69, 9.17) is 1.37 Å². The molecular weight excluding hydrogens is 175 g/mol. The van der Waals surface area contributed by atoms with Crippen LogP contribution in [0.5, 0.6) is 0 Å². The van der Waals surface area contributed by atoms with Crippen molar-refractivity contribution >= 4 is 9.24 Å². The highest BCUT2D eigenvalue weighted by Gasteiger charge is 1.57. The number of hydrogen-bond donors (Lipinski definition) is 0. The zero-order valence-corrected chi connectivity index (χ0v) is 8.15. The Kier molecular flexibility index (Phi) is 7.33. The van der Waals surface area contributed by atoms with Gasteiger partial charge in [-0.3, -0.25) is 0 Å². The smallest absolute Gasteiger partial charge is 0.0366 e. The van der Waals surface area contributed by atoms with Crippen LogP contribution in [0.1, 0.15) is 8.27 Å². The van der Waals surface area contributed by atoms with Crippen LogP contribution in [0, 0.1) is 59.2 Å². The van der Waals surface area contributed by atoms with Crippen molar-refractivity contribution in [1.29, 1.82) is 0 Å². The van der Waals surface area contributed by atoms with Crippen LogP contribution < -0.4 is 0 Å². The lowest BCUT2D eigenvalue weighted by molar-refractivity contribution is 1.92. The minimum atomic E-state index is 0.0620. The largest absolute Gasteiger partial charge is 0.125 e. The Hall–Kier alpha value is -1.77. The molecule has 0 aromatic heterocycles. The predicted octanol–water partition coefficient (Wildman–Crippen LogP) is 0.898. The summed E-state index contributed by atoms with van der Waals surface area (Å²) in [6.07, 6.45) is 0.713. The fourth-order valence-corrected chi connectivity index (χ4v) is 0.429. The molecule has 0 aromatic rings. The van der Waals surface area contributed by atoms with Gasteiger partial charge in [0.15, 0.2) is 0 Å². The first-order valence-electron chi connectivity index (χ1n) is 4.07. The Labute approximate surface area is 83.5 Å². The maximum Gasteiger partial charge on any atom is 0.0366 e. The van der Waals surface area contributed by atoms with Crippen molar-refractivity contribution in [2.75, 3.05) is 6.16 Å². The van der Waals surface area contributed by atoms with Crippen molar-refractivity contribution in [2.45, 2.75) is 6.90 Å². The lowest BCUT2D eigenvalue weighted by atomic mass is 10.5. The molecule has 1 heteroatoms. The first-order valence-corrected chi connectivity index (χ1v) is 4.18. The Morgan fingerprint density at radius 3 is 2.00 bits per heavy atom. The van der Waals surface area contributed by atoms with Gasteiger partial charge in [-0.25, -0.2) is 0 Å². The molecule has 60 valence electrons. The van der Waals surface area contributed by atoms with Crippen molar-refractivity contribution in [3.05, 3.63) is 0 Å². The van der Waals surface area contributed by atoms with Crippen LogP contribution in [0.25, 0.3) is 0 Å². The van der Waals surface area contributed by atoms with Crippen molar-refractivity contribution in [1.82, 2.24) is 0 Å². The van der Waals surface area contributed by atoms with E-state index in [9.17, 15) is 0 Å². The Morgan fingerprint density at radius 2 is 1.46 bits per heavy atom. The summed E-state index contributed by atoms with van der Waals surface area (Å²) >= 11 is 0. The van der Waals surface area contributed by atoms with E-state index in [-0.39, 0.29) is 6.90 Å². The van der Waals surface area contributed by atoms with Gasteiger partial charge >= 0.3 is 0 Å². The van der Waals surface area contributed by atoms with Crippen LogP contribution in [0.4, 0.5) is 0 Å². The third-order valence-electron chi connectivity index (χ3n) is 0.716. The first kappa shape index (κ1) is 9.32. The van der Waals surface area contributed by atoms with Gasteiger partial charge in [0.1, 0.15) is 0 Å². The van der Waals surface area contributed by atoms with Crippen molar-refractivity contribution < 1.29 is 1.37 Å². The van der Waals surface area contributed by atoms with Gasteiger partial charge in [-0.05, 0) is 54.3 Å². The highest BCUT2D eigenvalue weighted by atomic mass is 31.0. The summed E-state index contributed by atoms with van der Waals surface area (Å²) in [5.41, 5.74) is 0. The molecule has 1 unspecified atom stereocenters. The molecule has 0 rings (SSSR count). The highest BCUT2D eigenvalue weighted by molar-refractivity contribution is 7.16. The number of rotatable bonds is 0. The quantitative estimate of drug-likeness (QED) is 0.386. The second kappa shape index (κ2) is 10.2. The SMILES string of the molecule is [2H]CC#CC#CC#CC#CC#CCP. The van der Waals surface area contributed by atoms with Crippen molar-refractivity contribution in [2.24, 2.45) is 0 Å². The van der Waals surface area contributed by atoms with E-state index in [0.29, 0.717) is 6.16 Å². The minimum absolute atomic E-state index is 0.0620. The van der Waals surface area contributed by atoms with Crippen molar-refractivity contribution in [3.8, 4) is 59.2 Å². The summed E-state index contributed by atoms with van der Waals surface area (Å²) in [6.45, 7) is 0.0620. The summed E-state index contributed by atoms with van der Waals surface area (Å²) in [5.74, 6) is 25.4. The second-order valence-corrected chi connectivity index (χ2v) is 1.97. The van der Waals surface area contributed by atoms with E-state index >= 15 is 0 Å². The number of hydrogen-bond acceptors (Lipinski definition) is 0. The molecular formula is C12H7P. The van der Waals surface area contributed by atoms with Crippen LogP contribution in [0.2, 0.25) is 0 Å². The second-order valence-electron chi connectivity index (χ2n) is 1.56. The summed E-state index contributed by atoms with van der Waals surface area (Å²) in [7, 11) is 2.48. The molecule has 0 saturated carbocycles. The van der Waals surface area contributed by atoms with E-state index in [1.54, 1.807) is 0 Å². The fourth-order valence-electron chi connectivity index (χ4n) is 0.327. The predicted molar refractivity (Wildman–Crippen MR) is 59.1 cm³/mol. The van der Waals surface area contributed by atoms with E-state index < -0.39 is 0 Å². The molecule has 0 radical (unpaired) electrons. The fraction of sp³-hybridized carbons (Fsp3) is 0.167. The molecule has 0 N–H and O–H groups in total. The zero-order valence-electron chi connectivity index (χ0n) is 7.99. The highest BCUT2D eigenvalue weighted by Crippen LogP contribution is 1.71. The lowest BCUT2D eigenvalue weighted by Gasteiger charge is -1.60. The normalized spacial score (nSPS) is 5.46. The molecule has 0 aliphatic carbocycles. The van der Waals surface area contributed by atoms with Crippen LogP contribution in [0.15, 0.2) is 0 Å². The van der Waals surface area contributed by atoms with Crippen LogP contribution in [-0.2, 0) is 0 Å². The zero-order chi connectivity index (χ0) is 10.5. The van der Waals surface area contributed by atoms with Crippen molar-refractivity contribution in [3.63, 3.8) is 0 Å². The van der Waals surface area contributed by atoms with Gasteiger partial charge in [0.2, 0.25) is 0 Å². The standard InChI is InChI=1S/C12H7P/c1-2-3-4-5-6-7-8-9-10-11-12-13/h12-13H2,1H3/i1D. The van der Waals surface area contributed by atoms with Crippen LogP contribution in [0.3, 0.4) is 0 Å². The van der Waals surface area contributed by atoms with Gasteiger partial charge in [0.25, 0.3) is 0 Å². The van der Waals surface area contributed by atoms with E-state index in [1.807, 2.05) is 0 Å². The molecule has 0 aliphatic heterocycles. The van der Waals surface area contributed by atoms with Crippen LogP contribution >= 0.6 is 9.24 Å². The molecule has 0 saturated heterocycles. The monoisotopic (exact) mass is 183 g/mol. The van der Waals surface area contributed by atoms with E-state index in [2.05, 4.69) is 68.4 Å². The molecule has 0 spiro atoms. The molecule has 0 nitrogen and oxygen atoms in total. The molecule has 0 fully saturated rings. The van der Waals surface area contributed by atoms with Gasteiger partial charge in [0.05, 0.1) is 0 Å². The third kappa shape index (κ3) is 10.2. The summed E-state index contributed by atoms with van der Waals surface area (Å²) in [6, 6.07) is 0. The summed E-state index contributed by atoms with van der Waals surface area (Å²) < 4.78 is 6.70. The molecule has 0 aliphatic rings. The molecule has 0 amide bonds. The average molecular weight is 183 g/mol. The molecule has 0 aromatic carbocycles. The van der Waals surface area contributed by atoms with E-state index in [1.165, 1.54) is 0 Å². The maximum atomic E-state index is 6.70. The van der Waals surface area contributed by atoms with Gasteiger partial charge in [0, 0.05) is 7.53 Å². The summed E-state index contributed by atoms with van der Waals surface area (Å²) in [5, 5.41) is 0. The molecule has 1 atom stereocenters. The minimum Gasteiger partial charge on any atom is -0.125 e. The molecule has 0 heterocycles. The molecule has 13 heavy (non-hydrogen) atoms. The Balaban J connectivity index is 4.03. The van der Waals surface area contributed by atoms with Crippen LogP contribution in [-0.4, -0.2) is 6.16 Å². The average Bonchev–Trinajstić information content (AvgIpc) is 2.21. The third-order valence-corrected chi connectivity index (χ3v) is 0.920. The molecule has 0 bridgehead atoms. The topological polar surface area (TPSA) is 0 Å². The maximum absolute atomic E-state index is 6.70.